The molecule has 0 bridgehead atoms. The van der Waals surface area contributed by atoms with Crippen molar-refractivity contribution in [1.29, 1.82) is 0 Å². The van der Waals surface area contributed by atoms with Crippen molar-refractivity contribution in [2.75, 3.05) is 6.61 Å². The van der Waals surface area contributed by atoms with Crippen LogP contribution in [-0.2, 0) is 0 Å². The molecule has 0 fully saturated rings. The molecule has 0 amide bonds. The van der Waals surface area contributed by atoms with E-state index in [1.165, 1.54) is 19.3 Å². The lowest BCUT2D eigenvalue weighted by molar-refractivity contribution is 0.284. The molecule has 0 radical (unpaired) electrons. The molecule has 1 heteroatoms. The average molecular weight is 152 g/mol. The van der Waals surface area contributed by atoms with Crippen LogP contribution in [0.15, 0.2) is 23.8 Å². The van der Waals surface area contributed by atoms with E-state index in [-0.39, 0.29) is 0 Å². The van der Waals surface area contributed by atoms with Gasteiger partial charge in [0.15, 0.2) is 0 Å². The Bertz CT molecular complexity index is 156. The van der Waals surface area contributed by atoms with Crippen LogP contribution in [0, 0.1) is 0 Å². The Balaban J connectivity index is 2.15. The first kappa shape index (κ1) is 8.54. The van der Waals surface area contributed by atoms with Crippen molar-refractivity contribution in [2.45, 2.75) is 32.1 Å². The molecule has 1 N–H and O–H groups in total. The summed E-state index contributed by atoms with van der Waals surface area (Å²) in [4.78, 5) is 0. The number of allylic oxidation sites excluding steroid dienone is 4. The predicted octanol–water partition coefficient (Wildman–Crippen LogP) is 2.43. The molecule has 0 aromatic heterocycles. The van der Waals surface area contributed by atoms with Gasteiger partial charge in [0.1, 0.15) is 0 Å². The van der Waals surface area contributed by atoms with Gasteiger partial charge in [-0.3, -0.25) is 0 Å². The van der Waals surface area contributed by atoms with E-state index in [4.69, 9.17) is 5.11 Å². The van der Waals surface area contributed by atoms with Crippen molar-refractivity contribution in [3.63, 3.8) is 0 Å². The summed E-state index contributed by atoms with van der Waals surface area (Å²) < 4.78 is 0. The highest BCUT2D eigenvalue weighted by Crippen LogP contribution is 2.17. The summed E-state index contributed by atoms with van der Waals surface area (Å²) in [5.74, 6) is 0. The number of aliphatic hydroxyl groups excluding tert-OH is 1. The second-order valence-corrected chi connectivity index (χ2v) is 2.97. The highest BCUT2D eigenvalue weighted by Gasteiger charge is 1.98. The molecule has 0 saturated carbocycles. The van der Waals surface area contributed by atoms with Crippen molar-refractivity contribution < 1.29 is 5.11 Å². The molecule has 0 aromatic carbocycles. The monoisotopic (exact) mass is 152 g/mol. The second-order valence-electron chi connectivity index (χ2n) is 2.97. The van der Waals surface area contributed by atoms with Gasteiger partial charge in [-0.15, -0.1) is 0 Å². The fraction of sp³-hybridized carbons (Fsp3) is 0.600. The summed E-state index contributed by atoms with van der Waals surface area (Å²) in [6.07, 6.45) is 12.2. The summed E-state index contributed by atoms with van der Waals surface area (Å²) in [7, 11) is 0. The molecule has 0 spiro atoms. The maximum atomic E-state index is 8.56. The minimum atomic E-state index is 0.336. The zero-order chi connectivity index (χ0) is 7.94. The average Bonchev–Trinajstić information content (AvgIpc) is 2.07. The number of hydrogen-bond donors (Lipinski definition) is 1. The van der Waals surface area contributed by atoms with Crippen LogP contribution < -0.4 is 0 Å². The van der Waals surface area contributed by atoms with E-state index in [1.54, 1.807) is 5.57 Å². The Hall–Kier alpha value is -0.560. The smallest absolute Gasteiger partial charge is 0.0431 e. The molecule has 0 saturated heterocycles. The van der Waals surface area contributed by atoms with Crippen LogP contribution in [0.1, 0.15) is 32.1 Å². The van der Waals surface area contributed by atoms with E-state index in [2.05, 4.69) is 18.2 Å². The van der Waals surface area contributed by atoms with Crippen LogP contribution in [0.25, 0.3) is 0 Å². The fourth-order valence-corrected chi connectivity index (χ4v) is 1.32. The minimum absolute atomic E-state index is 0.336. The van der Waals surface area contributed by atoms with Crippen molar-refractivity contribution in [1.82, 2.24) is 0 Å². The molecule has 62 valence electrons. The van der Waals surface area contributed by atoms with Crippen LogP contribution in [0.5, 0.6) is 0 Å². The lowest BCUT2D eigenvalue weighted by Gasteiger charge is -2.07. The molecular formula is C10H16O. The molecule has 1 nitrogen and oxygen atoms in total. The van der Waals surface area contributed by atoms with Gasteiger partial charge in [0, 0.05) is 6.61 Å². The third kappa shape index (κ3) is 3.38. The van der Waals surface area contributed by atoms with Crippen LogP contribution in [0.2, 0.25) is 0 Å². The second kappa shape index (κ2) is 5.14. The lowest BCUT2D eigenvalue weighted by Crippen LogP contribution is -1.89. The molecule has 1 aliphatic carbocycles. The third-order valence-electron chi connectivity index (χ3n) is 2.01. The Morgan fingerprint density at radius 1 is 1.36 bits per heavy atom. The first-order chi connectivity index (χ1) is 5.43. The highest BCUT2D eigenvalue weighted by molar-refractivity contribution is 5.17. The van der Waals surface area contributed by atoms with E-state index < -0.39 is 0 Å². The van der Waals surface area contributed by atoms with Crippen molar-refractivity contribution in [2.24, 2.45) is 0 Å². The van der Waals surface area contributed by atoms with Crippen molar-refractivity contribution in [3.8, 4) is 0 Å². The van der Waals surface area contributed by atoms with Crippen molar-refractivity contribution in [3.05, 3.63) is 23.8 Å². The number of aliphatic hydroxyl groups is 1. The van der Waals surface area contributed by atoms with Crippen LogP contribution in [-0.4, -0.2) is 11.7 Å². The topological polar surface area (TPSA) is 20.2 Å². The molecule has 1 aliphatic rings. The standard InChI is InChI=1S/C10H16O/c11-9-5-4-8-10-6-2-1-3-7-10/h1-2,6,11H,3-5,7-9H2. The molecular weight excluding hydrogens is 136 g/mol. The highest BCUT2D eigenvalue weighted by atomic mass is 16.2. The maximum Gasteiger partial charge on any atom is 0.0431 e. The minimum Gasteiger partial charge on any atom is -0.396 e. The van der Waals surface area contributed by atoms with Gasteiger partial charge in [-0.2, -0.15) is 0 Å². The summed E-state index contributed by atoms with van der Waals surface area (Å²) in [6.45, 7) is 0.336. The van der Waals surface area contributed by atoms with Gasteiger partial charge in [-0.1, -0.05) is 23.8 Å². The summed E-state index contributed by atoms with van der Waals surface area (Å²) in [5, 5.41) is 8.56. The van der Waals surface area contributed by atoms with Crippen LogP contribution >= 0.6 is 0 Å². The van der Waals surface area contributed by atoms with Gasteiger partial charge in [0.2, 0.25) is 0 Å². The Kier molecular flexibility index (Phi) is 3.99. The first-order valence-corrected chi connectivity index (χ1v) is 4.39. The third-order valence-corrected chi connectivity index (χ3v) is 2.01. The summed E-state index contributed by atoms with van der Waals surface area (Å²) >= 11 is 0. The molecule has 11 heavy (non-hydrogen) atoms. The number of hydrogen-bond acceptors (Lipinski definition) is 1. The van der Waals surface area contributed by atoms with E-state index >= 15 is 0 Å². The summed E-state index contributed by atoms with van der Waals surface area (Å²) in [5.41, 5.74) is 1.54. The maximum absolute atomic E-state index is 8.56. The predicted molar refractivity (Wildman–Crippen MR) is 47.4 cm³/mol. The number of rotatable bonds is 4. The Morgan fingerprint density at radius 3 is 2.91 bits per heavy atom. The van der Waals surface area contributed by atoms with E-state index in [0.717, 1.165) is 12.8 Å². The zero-order valence-corrected chi connectivity index (χ0v) is 6.92. The lowest BCUT2D eigenvalue weighted by atomic mass is 10.00. The number of unbranched alkanes of at least 4 members (excludes halogenated alkanes) is 1. The molecule has 1 rings (SSSR count). The van der Waals surface area contributed by atoms with Gasteiger partial charge < -0.3 is 5.11 Å². The van der Waals surface area contributed by atoms with Crippen molar-refractivity contribution >= 4 is 0 Å². The van der Waals surface area contributed by atoms with Gasteiger partial charge in [-0.05, 0) is 32.1 Å². The van der Waals surface area contributed by atoms with Gasteiger partial charge in [-0.25, -0.2) is 0 Å². The normalized spacial score (nSPS) is 16.6. The van der Waals surface area contributed by atoms with Crippen LogP contribution in [0.3, 0.4) is 0 Å². The van der Waals surface area contributed by atoms with E-state index in [9.17, 15) is 0 Å². The molecule has 0 heterocycles. The van der Waals surface area contributed by atoms with Gasteiger partial charge in [0.05, 0.1) is 0 Å². The molecule has 0 unspecified atom stereocenters. The zero-order valence-electron chi connectivity index (χ0n) is 6.92. The first-order valence-electron chi connectivity index (χ1n) is 4.39. The van der Waals surface area contributed by atoms with Gasteiger partial charge >= 0.3 is 0 Å². The fourth-order valence-electron chi connectivity index (χ4n) is 1.32. The molecule has 0 atom stereocenters. The summed E-state index contributed by atoms with van der Waals surface area (Å²) in [6, 6.07) is 0. The van der Waals surface area contributed by atoms with Crippen LogP contribution in [0.4, 0.5) is 0 Å². The molecule has 0 aromatic rings. The van der Waals surface area contributed by atoms with E-state index in [1.807, 2.05) is 0 Å². The Labute approximate surface area is 68.4 Å². The SMILES string of the molecule is OCCCCC1=CC=CCC1. The Morgan fingerprint density at radius 2 is 2.27 bits per heavy atom. The molecule has 0 aliphatic heterocycles. The van der Waals surface area contributed by atoms with E-state index in [0.29, 0.717) is 6.61 Å². The quantitative estimate of drug-likeness (QED) is 0.613. The van der Waals surface area contributed by atoms with Gasteiger partial charge in [0.25, 0.3) is 0 Å². The largest absolute Gasteiger partial charge is 0.396 e.